The Morgan fingerprint density at radius 1 is 1.03 bits per heavy atom. The maximum absolute atomic E-state index is 13.1. The number of hydrogen-bond acceptors (Lipinski definition) is 6. The molecule has 7 nitrogen and oxygen atoms in total. The third-order valence-electron chi connectivity index (χ3n) is 6.65. The van der Waals surface area contributed by atoms with Crippen molar-refractivity contribution in [2.75, 3.05) is 35.8 Å². The largest absolute Gasteiger partial charge is 0.301 e. The van der Waals surface area contributed by atoms with Crippen LogP contribution >= 0.6 is 11.3 Å². The van der Waals surface area contributed by atoms with Gasteiger partial charge in [-0.15, -0.1) is 11.3 Å². The number of hydrogen-bond donors (Lipinski definition) is 1. The quantitative estimate of drug-likeness (QED) is 0.521. The Bertz CT molecular complexity index is 1310. The van der Waals surface area contributed by atoms with Crippen molar-refractivity contribution in [3.05, 3.63) is 59.0 Å². The van der Waals surface area contributed by atoms with E-state index in [4.69, 9.17) is 4.98 Å². The molecule has 1 amide bonds. The van der Waals surface area contributed by atoms with E-state index in [1.165, 1.54) is 28.5 Å². The molecule has 1 N–H and O–H groups in total. The van der Waals surface area contributed by atoms with Crippen LogP contribution < -0.4 is 9.62 Å². The van der Waals surface area contributed by atoms with Crippen molar-refractivity contribution in [2.45, 2.75) is 43.9 Å². The van der Waals surface area contributed by atoms with Crippen molar-refractivity contribution in [1.29, 1.82) is 0 Å². The van der Waals surface area contributed by atoms with E-state index in [0.29, 0.717) is 29.5 Å². The van der Waals surface area contributed by atoms with Gasteiger partial charge >= 0.3 is 0 Å². The van der Waals surface area contributed by atoms with Gasteiger partial charge in [0.25, 0.3) is 10.0 Å². The number of nitrogens with zero attached hydrogens (tertiary/aromatic N) is 3. The second-order valence-corrected chi connectivity index (χ2v) is 12.2. The Labute approximate surface area is 210 Å². The Kier molecular flexibility index (Phi) is 6.91. The molecular formula is C26H30N4O3S2. The van der Waals surface area contributed by atoms with E-state index in [1.807, 2.05) is 31.2 Å². The lowest BCUT2D eigenvalue weighted by Crippen LogP contribution is -2.33. The van der Waals surface area contributed by atoms with Gasteiger partial charge in [0.1, 0.15) is 0 Å². The molecule has 2 aliphatic rings. The highest BCUT2D eigenvalue weighted by atomic mass is 32.2. The van der Waals surface area contributed by atoms with Crippen LogP contribution in [0.5, 0.6) is 0 Å². The van der Waals surface area contributed by atoms with Crippen LogP contribution in [0.25, 0.3) is 11.3 Å². The number of rotatable bonds is 6. The second-order valence-electron chi connectivity index (χ2n) is 9.15. The minimum atomic E-state index is -3.59. The zero-order valence-corrected chi connectivity index (χ0v) is 21.5. The van der Waals surface area contributed by atoms with Gasteiger partial charge in [0.15, 0.2) is 5.13 Å². The van der Waals surface area contributed by atoms with Gasteiger partial charge in [0, 0.05) is 17.0 Å². The van der Waals surface area contributed by atoms with Crippen molar-refractivity contribution >= 4 is 38.1 Å². The molecule has 9 heteroatoms. The lowest BCUT2D eigenvalue weighted by molar-refractivity contribution is -0.117. The number of carbonyl (C=O) groups excluding carboxylic acids is 1. The van der Waals surface area contributed by atoms with Crippen molar-refractivity contribution in [3.63, 3.8) is 0 Å². The van der Waals surface area contributed by atoms with Gasteiger partial charge in [-0.2, -0.15) is 0 Å². The van der Waals surface area contributed by atoms with Gasteiger partial charge in [0.2, 0.25) is 5.91 Å². The van der Waals surface area contributed by atoms with Crippen molar-refractivity contribution in [3.8, 4) is 11.3 Å². The van der Waals surface area contributed by atoms with E-state index >= 15 is 0 Å². The van der Waals surface area contributed by atoms with E-state index in [9.17, 15) is 13.2 Å². The standard InChI is InChI=1S/C26H30N4O3S2/c1-19-25(28-26(34-19)27-24(31)18-29-14-7-2-3-8-15-29)21-11-12-23-20(17-21)13-16-30(23)35(32,33)22-9-5-4-6-10-22/h4-6,9-12,17H,2-3,7-8,13-16,18H2,1H3,(H,27,28,31). The third-order valence-corrected chi connectivity index (χ3v) is 9.36. The first kappa shape index (κ1) is 24.0. The number of benzene rings is 2. The second kappa shape index (κ2) is 10.1. The number of fused-ring (bicyclic) bond motifs is 1. The van der Waals surface area contributed by atoms with Crippen molar-refractivity contribution in [1.82, 2.24) is 9.88 Å². The summed E-state index contributed by atoms with van der Waals surface area (Å²) in [6.07, 6.45) is 5.43. The van der Waals surface area contributed by atoms with Gasteiger partial charge in [0.05, 0.1) is 22.8 Å². The highest BCUT2D eigenvalue weighted by molar-refractivity contribution is 7.92. The first-order valence-electron chi connectivity index (χ1n) is 12.1. The summed E-state index contributed by atoms with van der Waals surface area (Å²) in [7, 11) is -3.59. The first-order valence-corrected chi connectivity index (χ1v) is 14.4. The summed E-state index contributed by atoms with van der Waals surface area (Å²) < 4.78 is 27.8. The van der Waals surface area contributed by atoms with E-state index in [-0.39, 0.29) is 5.91 Å². The van der Waals surface area contributed by atoms with Crippen LogP contribution in [0, 0.1) is 6.92 Å². The fourth-order valence-electron chi connectivity index (χ4n) is 4.86. The Morgan fingerprint density at radius 2 is 1.77 bits per heavy atom. The maximum Gasteiger partial charge on any atom is 0.264 e. The van der Waals surface area contributed by atoms with Crippen LogP contribution in [0.3, 0.4) is 0 Å². The van der Waals surface area contributed by atoms with Gasteiger partial charge in [-0.1, -0.05) is 37.1 Å². The van der Waals surface area contributed by atoms with Crippen LogP contribution in [0.15, 0.2) is 53.4 Å². The number of thiazole rings is 1. The molecule has 1 saturated heterocycles. The Hall–Kier alpha value is -2.75. The van der Waals surface area contributed by atoms with Gasteiger partial charge in [-0.25, -0.2) is 13.4 Å². The van der Waals surface area contributed by atoms with Crippen molar-refractivity contribution in [2.24, 2.45) is 0 Å². The number of nitrogens with one attached hydrogen (secondary N) is 1. The smallest absolute Gasteiger partial charge is 0.264 e. The van der Waals surface area contributed by atoms with E-state index in [0.717, 1.165) is 53.3 Å². The number of sulfonamides is 1. The molecule has 35 heavy (non-hydrogen) atoms. The topological polar surface area (TPSA) is 82.6 Å². The molecule has 0 unspecified atom stereocenters. The number of carbonyl (C=O) groups is 1. The maximum atomic E-state index is 13.1. The van der Waals surface area contributed by atoms with Crippen LogP contribution in [0.4, 0.5) is 10.8 Å². The summed E-state index contributed by atoms with van der Waals surface area (Å²) >= 11 is 1.47. The summed E-state index contributed by atoms with van der Waals surface area (Å²) in [6.45, 7) is 4.77. The normalized spacial score (nSPS) is 16.7. The minimum absolute atomic E-state index is 0.0251. The number of likely N-dealkylation sites (tertiary alicyclic amines) is 1. The van der Waals surface area contributed by atoms with Crippen LogP contribution in [0.1, 0.15) is 36.1 Å². The van der Waals surface area contributed by atoms with Crippen LogP contribution in [-0.4, -0.2) is 50.4 Å². The highest BCUT2D eigenvalue weighted by Gasteiger charge is 2.31. The monoisotopic (exact) mass is 510 g/mol. The number of aryl methyl sites for hydroxylation is 1. The molecule has 5 rings (SSSR count). The average Bonchev–Trinajstić information content (AvgIpc) is 3.34. The van der Waals surface area contributed by atoms with Crippen LogP contribution in [0.2, 0.25) is 0 Å². The first-order chi connectivity index (χ1) is 16.9. The molecule has 0 saturated carbocycles. The average molecular weight is 511 g/mol. The van der Waals surface area contributed by atoms with E-state index < -0.39 is 10.0 Å². The molecule has 3 aromatic rings. The van der Waals surface area contributed by atoms with Gasteiger partial charge in [-0.3, -0.25) is 14.0 Å². The molecule has 184 valence electrons. The molecule has 0 bridgehead atoms. The van der Waals surface area contributed by atoms with E-state index in [2.05, 4.69) is 10.2 Å². The molecule has 0 aliphatic carbocycles. The summed E-state index contributed by atoms with van der Waals surface area (Å²) in [6, 6.07) is 14.4. The summed E-state index contributed by atoms with van der Waals surface area (Å²) in [5, 5.41) is 3.58. The molecule has 0 spiro atoms. The predicted octanol–water partition coefficient (Wildman–Crippen LogP) is 4.68. The molecule has 1 fully saturated rings. The summed E-state index contributed by atoms with van der Waals surface area (Å²) in [5.41, 5.74) is 3.47. The molecular weight excluding hydrogens is 480 g/mol. The number of aromatic nitrogens is 1. The number of anilines is 2. The summed E-state index contributed by atoms with van der Waals surface area (Å²) in [5.74, 6) is -0.0251. The number of amides is 1. The fourth-order valence-corrected chi connectivity index (χ4v) is 7.24. The van der Waals surface area contributed by atoms with Gasteiger partial charge < -0.3 is 5.32 Å². The molecule has 1 aromatic heterocycles. The highest BCUT2D eigenvalue weighted by Crippen LogP contribution is 2.37. The summed E-state index contributed by atoms with van der Waals surface area (Å²) in [4.78, 5) is 20.8. The van der Waals surface area contributed by atoms with E-state index in [1.54, 1.807) is 24.3 Å². The van der Waals surface area contributed by atoms with Crippen molar-refractivity contribution < 1.29 is 13.2 Å². The zero-order valence-electron chi connectivity index (χ0n) is 19.9. The minimum Gasteiger partial charge on any atom is -0.301 e. The molecule has 2 aliphatic heterocycles. The Morgan fingerprint density at radius 3 is 2.51 bits per heavy atom. The molecule has 0 radical (unpaired) electrons. The molecule has 2 aromatic carbocycles. The lowest BCUT2D eigenvalue weighted by Gasteiger charge is -2.19. The molecule has 3 heterocycles. The predicted molar refractivity (Wildman–Crippen MR) is 141 cm³/mol. The van der Waals surface area contributed by atoms with Gasteiger partial charge in [-0.05, 0) is 69.1 Å². The Balaban J connectivity index is 1.31. The SMILES string of the molecule is Cc1sc(NC(=O)CN2CCCCCC2)nc1-c1ccc2c(c1)CCN2S(=O)(=O)c1ccccc1. The fraction of sp³-hybridized carbons (Fsp3) is 0.385. The molecule has 0 atom stereocenters. The third kappa shape index (κ3) is 5.12. The van der Waals surface area contributed by atoms with Crippen LogP contribution in [-0.2, 0) is 21.2 Å². The lowest BCUT2D eigenvalue weighted by atomic mass is 10.1. The zero-order chi connectivity index (χ0) is 24.4.